The van der Waals surface area contributed by atoms with Gasteiger partial charge >= 0.3 is 5.97 Å². The fourth-order valence-corrected chi connectivity index (χ4v) is 2.55. The van der Waals surface area contributed by atoms with Crippen molar-refractivity contribution in [2.45, 2.75) is 13.0 Å². The van der Waals surface area contributed by atoms with Crippen LogP contribution in [0.25, 0.3) is 0 Å². The molecule has 1 fully saturated rings. The van der Waals surface area contributed by atoms with Crippen molar-refractivity contribution in [1.29, 1.82) is 0 Å². The van der Waals surface area contributed by atoms with E-state index < -0.39 is 5.97 Å². The van der Waals surface area contributed by atoms with E-state index in [-0.39, 0.29) is 12.5 Å². The number of carbonyl (C=O) groups is 2. The van der Waals surface area contributed by atoms with Crippen LogP contribution in [0.2, 0.25) is 0 Å². The standard InChI is InChI=1S/C15H21N3O3/c16-10-13-4-2-1-3-12(13)9-14(19)18-7-5-17(6-8-18)11-15(20)21/h1-4H,5-11,16H2,(H,20,21). The van der Waals surface area contributed by atoms with Gasteiger partial charge in [-0.15, -0.1) is 0 Å². The van der Waals surface area contributed by atoms with E-state index in [1.54, 1.807) is 4.90 Å². The molecule has 0 aromatic heterocycles. The highest BCUT2D eigenvalue weighted by molar-refractivity contribution is 5.79. The Labute approximate surface area is 124 Å². The van der Waals surface area contributed by atoms with E-state index >= 15 is 0 Å². The van der Waals surface area contributed by atoms with Crippen molar-refractivity contribution in [1.82, 2.24) is 9.80 Å². The first-order chi connectivity index (χ1) is 10.1. The molecular formula is C15H21N3O3. The Kier molecular flexibility index (Phi) is 5.30. The molecule has 2 rings (SSSR count). The molecule has 0 bridgehead atoms. The second-order valence-electron chi connectivity index (χ2n) is 5.20. The maximum atomic E-state index is 12.3. The third kappa shape index (κ3) is 4.27. The van der Waals surface area contributed by atoms with Crippen LogP contribution in [0.15, 0.2) is 24.3 Å². The molecule has 6 nitrogen and oxygen atoms in total. The Morgan fingerprint density at radius 1 is 1.10 bits per heavy atom. The molecule has 1 aromatic rings. The summed E-state index contributed by atoms with van der Waals surface area (Å²) >= 11 is 0. The number of amides is 1. The van der Waals surface area contributed by atoms with Crippen LogP contribution in [-0.4, -0.2) is 59.5 Å². The number of aliphatic carboxylic acids is 1. The maximum absolute atomic E-state index is 12.3. The third-order valence-corrected chi connectivity index (χ3v) is 3.76. The molecule has 6 heteroatoms. The summed E-state index contributed by atoms with van der Waals surface area (Å²) in [6.45, 7) is 2.84. The lowest BCUT2D eigenvalue weighted by atomic mass is 10.0. The molecule has 1 aromatic carbocycles. The predicted molar refractivity (Wildman–Crippen MR) is 78.7 cm³/mol. The predicted octanol–water partition coefficient (Wildman–Crippen LogP) is -0.0834. The number of nitrogens with two attached hydrogens (primary N) is 1. The SMILES string of the molecule is NCc1ccccc1CC(=O)N1CCN(CC(=O)O)CC1. The van der Waals surface area contributed by atoms with E-state index in [4.69, 9.17) is 10.8 Å². The number of benzene rings is 1. The number of rotatable bonds is 5. The van der Waals surface area contributed by atoms with Crippen molar-refractivity contribution >= 4 is 11.9 Å². The van der Waals surface area contributed by atoms with Crippen LogP contribution >= 0.6 is 0 Å². The highest BCUT2D eigenvalue weighted by Gasteiger charge is 2.22. The van der Waals surface area contributed by atoms with E-state index in [9.17, 15) is 9.59 Å². The van der Waals surface area contributed by atoms with Gasteiger partial charge in [0.1, 0.15) is 0 Å². The topological polar surface area (TPSA) is 86.9 Å². The molecule has 0 unspecified atom stereocenters. The minimum absolute atomic E-state index is 0.0397. The number of carboxylic acid groups (broad SMARTS) is 1. The summed E-state index contributed by atoms with van der Waals surface area (Å²) in [7, 11) is 0. The van der Waals surface area contributed by atoms with Crippen molar-refractivity contribution in [2.75, 3.05) is 32.7 Å². The van der Waals surface area contributed by atoms with Gasteiger partial charge in [-0.2, -0.15) is 0 Å². The van der Waals surface area contributed by atoms with Crippen molar-refractivity contribution in [2.24, 2.45) is 5.73 Å². The molecule has 1 saturated heterocycles. The van der Waals surface area contributed by atoms with Gasteiger partial charge in [0.15, 0.2) is 0 Å². The zero-order chi connectivity index (χ0) is 15.2. The van der Waals surface area contributed by atoms with Gasteiger partial charge in [0.2, 0.25) is 5.91 Å². The van der Waals surface area contributed by atoms with Crippen LogP contribution in [0.1, 0.15) is 11.1 Å². The Morgan fingerprint density at radius 2 is 1.71 bits per heavy atom. The van der Waals surface area contributed by atoms with Crippen molar-refractivity contribution in [3.8, 4) is 0 Å². The number of hydrogen-bond acceptors (Lipinski definition) is 4. The van der Waals surface area contributed by atoms with E-state index in [1.165, 1.54) is 0 Å². The highest BCUT2D eigenvalue weighted by atomic mass is 16.4. The molecular weight excluding hydrogens is 270 g/mol. The minimum Gasteiger partial charge on any atom is -0.480 e. The number of carboxylic acids is 1. The minimum atomic E-state index is -0.827. The maximum Gasteiger partial charge on any atom is 0.317 e. The van der Waals surface area contributed by atoms with Crippen molar-refractivity contribution in [3.05, 3.63) is 35.4 Å². The van der Waals surface area contributed by atoms with Crippen LogP contribution in [0, 0.1) is 0 Å². The Bertz CT molecular complexity index is 511. The number of nitrogens with zero attached hydrogens (tertiary/aromatic N) is 2. The largest absolute Gasteiger partial charge is 0.480 e. The molecule has 0 atom stereocenters. The van der Waals surface area contributed by atoms with Crippen molar-refractivity contribution in [3.63, 3.8) is 0 Å². The summed E-state index contributed by atoms with van der Waals surface area (Å²) < 4.78 is 0. The van der Waals surface area contributed by atoms with Crippen LogP contribution < -0.4 is 5.73 Å². The molecule has 0 radical (unpaired) electrons. The summed E-state index contributed by atoms with van der Waals surface area (Å²) in [5.41, 5.74) is 7.65. The number of hydrogen-bond donors (Lipinski definition) is 2. The van der Waals surface area contributed by atoms with Gasteiger partial charge in [-0.1, -0.05) is 24.3 Å². The fraction of sp³-hybridized carbons (Fsp3) is 0.467. The second kappa shape index (κ2) is 7.19. The van der Waals surface area contributed by atoms with Gasteiger partial charge in [0.05, 0.1) is 13.0 Å². The first kappa shape index (κ1) is 15.5. The van der Waals surface area contributed by atoms with E-state index in [0.29, 0.717) is 39.1 Å². The first-order valence-electron chi connectivity index (χ1n) is 7.09. The number of carbonyl (C=O) groups excluding carboxylic acids is 1. The second-order valence-corrected chi connectivity index (χ2v) is 5.20. The van der Waals surface area contributed by atoms with Crippen LogP contribution in [0.4, 0.5) is 0 Å². The zero-order valence-corrected chi connectivity index (χ0v) is 12.0. The lowest BCUT2D eigenvalue weighted by molar-refractivity contribution is -0.139. The van der Waals surface area contributed by atoms with E-state index in [1.807, 2.05) is 29.2 Å². The average molecular weight is 291 g/mol. The van der Waals surface area contributed by atoms with Gasteiger partial charge < -0.3 is 15.7 Å². The third-order valence-electron chi connectivity index (χ3n) is 3.76. The normalized spacial score (nSPS) is 16.0. The van der Waals surface area contributed by atoms with Gasteiger partial charge in [0, 0.05) is 32.7 Å². The van der Waals surface area contributed by atoms with Gasteiger partial charge in [-0.3, -0.25) is 14.5 Å². The molecule has 0 saturated carbocycles. The number of piperazine rings is 1. The van der Waals surface area contributed by atoms with Crippen LogP contribution in [0.5, 0.6) is 0 Å². The molecule has 1 aliphatic rings. The zero-order valence-electron chi connectivity index (χ0n) is 12.0. The molecule has 3 N–H and O–H groups in total. The highest BCUT2D eigenvalue weighted by Crippen LogP contribution is 2.11. The molecule has 1 amide bonds. The first-order valence-corrected chi connectivity index (χ1v) is 7.09. The quantitative estimate of drug-likeness (QED) is 0.792. The smallest absolute Gasteiger partial charge is 0.317 e. The summed E-state index contributed by atoms with van der Waals surface area (Å²) in [6.07, 6.45) is 0.353. The Hall–Kier alpha value is -1.92. The monoisotopic (exact) mass is 291 g/mol. The van der Waals surface area contributed by atoms with Crippen LogP contribution in [-0.2, 0) is 22.6 Å². The summed E-state index contributed by atoms with van der Waals surface area (Å²) in [6, 6.07) is 7.70. The van der Waals surface area contributed by atoms with Crippen LogP contribution in [0.3, 0.4) is 0 Å². The summed E-state index contributed by atoms with van der Waals surface area (Å²) in [4.78, 5) is 26.6. The average Bonchev–Trinajstić information content (AvgIpc) is 2.48. The Morgan fingerprint density at radius 3 is 2.29 bits per heavy atom. The molecule has 0 aliphatic carbocycles. The van der Waals surface area contributed by atoms with Gasteiger partial charge in [0.25, 0.3) is 0 Å². The lowest BCUT2D eigenvalue weighted by Gasteiger charge is -2.34. The van der Waals surface area contributed by atoms with E-state index in [2.05, 4.69) is 0 Å². The summed E-state index contributed by atoms with van der Waals surface area (Å²) in [5, 5.41) is 8.76. The van der Waals surface area contributed by atoms with E-state index in [0.717, 1.165) is 11.1 Å². The lowest BCUT2D eigenvalue weighted by Crippen LogP contribution is -2.50. The molecule has 1 heterocycles. The molecule has 114 valence electrons. The van der Waals surface area contributed by atoms with Crippen molar-refractivity contribution < 1.29 is 14.7 Å². The molecule has 0 spiro atoms. The fourth-order valence-electron chi connectivity index (χ4n) is 2.55. The van der Waals surface area contributed by atoms with Gasteiger partial charge in [-0.25, -0.2) is 0 Å². The molecule has 21 heavy (non-hydrogen) atoms. The molecule has 1 aliphatic heterocycles. The Balaban J connectivity index is 1.89. The van der Waals surface area contributed by atoms with Gasteiger partial charge in [-0.05, 0) is 11.1 Å². The summed E-state index contributed by atoms with van der Waals surface area (Å²) in [5.74, 6) is -0.752.